The van der Waals surface area contributed by atoms with E-state index in [-0.39, 0.29) is 5.91 Å². The van der Waals surface area contributed by atoms with Crippen molar-refractivity contribution >= 4 is 23.2 Å². The van der Waals surface area contributed by atoms with E-state index in [1.165, 1.54) is 0 Å². The maximum absolute atomic E-state index is 12.4. The highest BCUT2D eigenvalue weighted by molar-refractivity contribution is 7.09. The number of carbonyl (C=O) groups excluding carboxylic acids is 2. The van der Waals surface area contributed by atoms with Crippen LogP contribution in [0.5, 0.6) is 0 Å². The van der Waals surface area contributed by atoms with Gasteiger partial charge in [-0.2, -0.15) is 0 Å². The highest BCUT2D eigenvalue weighted by atomic mass is 32.1. The zero-order chi connectivity index (χ0) is 17.1. The summed E-state index contributed by atoms with van der Waals surface area (Å²) in [5, 5.41) is 2.95. The molecule has 2 amide bonds. The Labute approximate surface area is 145 Å². The van der Waals surface area contributed by atoms with Gasteiger partial charge in [-0.05, 0) is 43.4 Å². The van der Waals surface area contributed by atoms with E-state index < -0.39 is 5.91 Å². The summed E-state index contributed by atoms with van der Waals surface area (Å²) in [4.78, 5) is 30.0. The summed E-state index contributed by atoms with van der Waals surface area (Å²) in [6.45, 7) is 3.51. The van der Waals surface area contributed by atoms with Gasteiger partial charge in [-0.3, -0.25) is 9.59 Å². The minimum atomic E-state index is -0.404. The SMILES string of the molecule is Cc1nc(CC(=O)N2CCC(Cc3cccc(C(N)=O)c3)C2)cs1. The van der Waals surface area contributed by atoms with Crippen molar-refractivity contribution in [2.24, 2.45) is 11.7 Å². The largest absolute Gasteiger partial charge is 0.366 e. The van der Waals surface area contributed by atoms with E-state index in [0.717, 1.165) is 42.2 Å². The maximum Gasteiger partial charge on any atom is 0.248 e. The van der Waals surface area contributed by atoms with E-state index in [4.69, 9.17) is 5.73 Å². The molecule has 5 nitrogen and oxygen atoms in total. The molecule has 1 aromatic carbocycles. The van der Waals surface area contributed by atoms with Gasteiger partial charge in [-0.25, -0.2) is 4.98 Å². The van der Waals surface area contributed by atoms with E-state index in [9.17, 15) is 9.59 Å². The molecule has 0 aliphatic carbocycles. The van der Waals surface area contributed by atoms with E-state index in [1.54, 1.807) is 17.4 Å². The lowest BCUT2D eigenvalue weighted by atomic mass is 9.97. The Hall–Kier alpha value is -2.21. The van der Waals surface area contributed by atoms with Crippen LogP contribution in [0.1, 0.15) is 33.0 Å². The van der Waals surface area contributed by atoms with Gasteiger partial charge in [0.05, 0.1) is 17.1 Å². The molecule has 2 N–H and O–H groups in total. The number of carbonyl (C=O) groups is 2. The molecule has 0 spiro atoms. The van der Waals surface area contributed by atoms with Gasteiger partial charge >= 0.3 is 0 Å². The van der Waals surface area contributed by atoms with Gasteiger partial charge in [0.1, 0.15) is 0 Å². The Morgan fingerprint density at radius 2 is 2.25 bits per heavy atom. The van der Waals surface area contributed by atoms with E-state index in [2.05, 4.69) is 4.98 Å². The molecule has 1 atom stereocenters. The summed E-state index contributed by atoms with van der Waals surface area (Å²) >= 11 is 1.58. The molecular formula is C18H21N3O2S. The molecule has 6 heteroatoms. The van der Waals surface area contributed by atoms with Gasteiger partial charge < -0.3 is 10.6 Å². The van der Waals surface area contributed by atoms with E-state index in [1.807, 2.05) is 35.4 Å². The third kappa shape index (κ3) is 4.00. The summed E-state index contributed by atoms with van der Waals surface area (Å²) in [6.07, 6.45) is 2.23. The van der Waals surface area contributed by atoms with Gasteiger partial charge in [0.25, 0.3) is 0 Å². The first kappa shape index (κ1) is 16.6. The second kappa shape index (κ2) is 7.13. The van der Waals surface area contributed by atoms with Crippen LogP contribution in [-0.4, -0.2) is 34.8 Å². The zero-order valence-corrected chi connectivity index (χ0v) is 14.5. The lowest BCUT2D eigenvalue weighted by Gasteiger charge is -2.16. The predicted octanol–water partition coefficient (Wildman–Crippen LogP) is 2.18. The van der Waals surface area contributed by atoms with Crippen LogP contribution >= 0.6 is 11.3 Å². The Kier molecular flexibility index (Phi) is 4.94. The van der Waals surface area contributed by atoms with Gasteiger partial charge in [0.15, 0.2) is 0 Å². The Morgan fingerprint density at radius 3 is 2.96 bits per heavy atom. The summed E-state index contributed by atoms with van der Waals surface area (Å²) < 4.78 is 0. The Bertz CT molecular complexity index is 756. The third-order valence-corrected chi connectivity index (χ3v) is 5.20. The van der Waals surface area contributed by atoms with Crippen LogP contribution in [0.3, 0.4) is 0 Å². The zero-order valence-electron chi connectivity index (χ0n) is 13.7. The first-order valence-corrected chi connectivity index (χ1v) is 8.97. The first-order valence-electron chi connectivity index (χ1n) is 8.09. The minimum Gasteiger partial charge on any atom is -0.366 e. The van der Waals surface area contributed by atoms with Gasteiger partial charge in [-0.1, -0.05) is 12.1 Å². The number of aryl methyl sites for hydroxylation is 1. The number of rotatable bonds is 5. The fourth-order valence-corrected chi connectivity index (χ4v) is 3.78. The lowest BCUT2D eigenvalue weighted by Crippen LogP contribution is -2.30. The number of aromatic nitrogens is 1. The first-order chi connectivity index (χ1) is 11.5. The highest BCUT2D eigenvalue weighted by Gasteiger charge is 2.26. The number of nitrogens with two attached hydrogens (primary N) is 1. The number of likely N-dealkylation sites (tertiary alicyclic amines) is 1. The molecule has 2 heterocycles. The lowest BCUT2D eigenvalue weighted by molar-refractivity contribution is -0.129. The number of thiazole rings is 1. The molecule has 0 saturated carbocycles. The second-order valence-corrected chi connectivity index (χ2v) is 7.36. The molecule has 1 fully saturated rings. The molecule has 1 saturated heterocycles. The number of benzene rings is 1. The summed E-state index contributed by atoms with van der Waals surface area (Å²) in [5.74, 6) is 0.168. The van der Waals surface area contributed by atoms with Crippen LogP contribution in [0.2, 0.25) is 0 Å². The van der Waals surface area contributed by atoms with Gasteiger partial charge in [-0.15, -0.1) is 11.3 Å². The number of hydrogen-bond acceptors (Lipinski definition) is 4. The molecule has 2 aromatic rings. The average Bonchev–Trinajstić information content (AvgIpc) is 3.17. The second-order valence-electron chi connectivity index (χ2n) is 6.30. The summed E-state index contributed by atoms with van der Waals surface area (Å²) in [7, 11) is 0. The number of primary amides is 1. The van der Waals surface area contributed by atoms with Crippen LogP contribution in [0, 0.1) is 12.8 Å². The molecule has 126 valence electrons. The van der Waals surface area contributed by atoms with Crippen molar-refractivity contribution in [3.05, 3.63) is 51.5 Å². The number of amides is 2. The molecule has 0 bridgehead atoms. The van der Waals surface area contributed by atoms with Crippen LogP contribution in [0.25, 0.3) is 0 Å². The smallest absolute Gasteiger partial charge is 0.248 e. The topological polar surface area (TPSA) is 76.3 Å². The summed E-state index contributed by atoms with van der Waals surface area (Å²) in [5.41, 5.74) is 7.83. The fraction of sp³-hybridized carbons (Fsp3) is 0.389. The molecule has 1 aromatic heterocycles. The van der Waals surface area contributed by atoms with E-state index >= 15 is 0 Å². The van der Waals surface area contributed by atoms with Crippen molar-refractivity contribution in [2.75, 3.05) is 13.1 Å². The molecule has 1 unspecified atom stereocenters. The molecule has 0 radical (unpaired) electrons. The molecular weight excluding hydrogens is 322 g/mol. The van der Waals surface area contributed by atoms with Crippen molar-refractivity contribution in [3.63, 3.8) is 0 Å². The van der Waals surface area contributed by atoms with Crippen LogP contribution in [0.4, 0.5) is 0 Å². The Morgan fingerprint density at radius 1 is 1.42 bits per heavy atom. The molecule has 24 heavy (non-hydrogen) atoms. The van der Waals surface area contributed by atoms with Crippen molar-refractivity contribution < 1.29 is 9.59 Å². The van der Waals surface area contributed by atoms with Crippen LogP contribution in [-0.2, 0) is 17.6 Å². The predicted molar refractivity (Wildman–Crippen MR) is 93.9 cm³/mol. The van der Waals surface area contributed by atoms with Crippen LogP contribution in [0.15, 0.2) is 29.6 Å². The van der Waals surface area contributed by atoms with E-state index in [0.29, 0.717) is 17.9 Å². The third-order valence-electron chi connectivity index (χ3n) is 4.37. The molecule has 1 aliphatic heterocycles. The van der Waals surface area contributed by atoms with Crippen LogP contribution < -0.4 is 5.73 Å². The standard InChI is InChI=1S/C18H21N3O2S/c1-12-20-16(11-24-12)9-17(22)21-6-5-14(10-21)7-13-3-2-4-15(8-13)18(19)23/h2-4,8,11,14H,5-7,9-10H2,1H3,(H2,19,23). The number of nitrogens with zero attached hydrogens (tertiary/aromatic N) is 2. The monoisotopic (exact) mass is 343 g/mol. The van der Waals surface area contributed by atoms with Crippen molar-refractivity contribution in [1.29, 1.82) is 0 Å². The normalized spacial score (nSPS) is 17.2. The van der Waals surface area contributed by atoms with Crippen molar-refractivity contribution in [2.45, 2.75) is 26.2 Å². The molecule has 1 aliphatic rings. The molecule has 3 rings (SSSR count). The Balaban J connectivity index is 1.56. The minimum absolute atomic E-state index is 0.147. The van der Waals surface area contributed by atoms with Gasteiger partial charge in [0, 0.05) is 24.0 Å². The summed E-state index contributed by atoms with van der Waals surface area (Å²) in [6, 6.07) is 7.45. The number of hydrogen-bond donors (Lipinski definition) is 1. The average molecular weight is 343 g/mol. The quantitative estimate of drug-likeness (QED) is 0.904. The maximum atomic E-state index is 12.4. The highest BCUT2D eigenvalue weighted by Crippen LogP contribution is 2.22. The van der Waals surface area contributed by atoms with Crippen molar-refractivity contribution in [3.8, 4) is 0 Å². The fourth-order valence-electron chi connectivity index (χ4n) is 3.17. The van der Waals surface area contributed by atoms with Gasteiger partial charge in [0.2, 0.25) is 11.8 Å². The van der Waals surface area contributed by atoms with Crippen molar-refractivity contribution in [1.82, 2.24) is 9.88 Å².